The minimum absolute atomic E-state index is 0.0708. The van der Waals surface area contributed by atoms with E-state index >= 15 is 0 Å². The average molecular weight is 292 g/mol. The highest BCUT2D eigenvalue weighted by Crippen LogP contribution is 2.33. The van der Waals surface area contributed by atoms with Gasteiger partial charge in [-0.3, -0.25) is 9.59 Å². The lowest BCUT2D eigenvalue weighted by Crippen LogP contribution is -2.46. The fraction of sp³-hybridized carbons (Fsp3) is 0.467. The predicted molar refractivity (Wildman–Crippen MR) is 78.2 cm³/mol. The first kappa shape index (κ1) is 15.3. The minimum Gasteiger partial charge on any atom is -0.479 e. The summed E-state index contributed by atoms with van der Waals surface area (Å²) in [6, 6.07) is 7.30. The molecule has 1 heterocycles. The summed E-state index contributed by atoms with van der Waals surface area (Å²) in [5.41, 5.74) is 0.693. The van der Waals surface area contributed by atoms with Gasteiger partial charge in [0.2, 0.25) is 5.91 Å². The van der Waals surface area contributed by atoms with Crippen LogP contribution < -0.4 is 9.64 Å². The smallest absolute Gasteiger partial charge is 0.267 e. The van der Waals surface area contributed by atoms with Crippen LogP contribution in [0.5, 0.6) is 5.75 Å². The molecule has 1 aromatic carbocycles. The molecule has 0 aliphatic carbocycles. The summed E-state index contributed by atoms with van der Waals surface area (Å²) in [7, 11) is 1.64. The Hall–Kier alpha value is -2.08. The summed E-state index contributed by atoms with van der Waals surface area (Å²) in [6.07, 6.45) is -0.339. The largest absolute Gasteiger partial charge is 0.479 e. The van der Waals surface area contributed by atoms with E-state index in [2.05, 4.69) is 0 Å². The number of para-hydroxylation sites is 2. The van der Waals surface area contributed by atoms with Crippen LogP contribution >= 0.6 is 0 Å². The SMILES string of the molecule is CC1Oc2ccccc2N(CCC(=O)N(C)CCO)C1=O. The number of amides is 2. The number of hydrogen-bond acceptors (Lipinski definition) is 4. The number of nitrogens with zero attached hydrogens (tertiary/aromatic N) is 2. The Morgan fingerprint density at radius 3 is 2.86 bits per heavy atom. The molecular formula is C15H20N2O4. The molecule has 0 radical (unpaired) electrons. The molecule has 0 saturated heterocycles. The van der Waals surface area contributed by atoms with Gasteiger partial charge in [-0.15, -0.1) is 0 Å². The van der Waals surface area contributed by atoms with Crippen molar-refractivity contribution in [2.75, 3.05) is 31.6 Å². The maximum Gasteiger partial charge on any atom is 0.267 e. The maximum atomic E-state index is 12.2. The first-order chi connectivity index (χ1) is 10.0. The lowest BCUT2D eigenvalue weighted by atomic mass is 10.1. The Morgan fingerprint density at radius 2 is 2.14 bits per heavy atom. The van der Waals surface area contributed by atoms with Gasteiger partial charge in [-0.05, 0) is 19.1 Å². The van der Waals surface area contributed by atoms with Crippen molar-refractivity contribution in [2.45, 2.75) is 19.4 Å². The van der Waals surface area contributed by atoms with Crippen LogP contribution in [-0.4, -0.2) is 54.7 Å². The topological polar surface area (TPSA) is 70.1 Å². The van der Waals surface area contributed by atoms with Crippen LogP contribution in [0.1, 0.15) is 13.3 Å². The zero-order valence-corrected chi connectivity index (χ0v) is 12.3. The Balaban J connectivity index is 2.08. The molecule has 6 nitrogen and oxygen atoms in total. The highest BCUT2D eigenvalue weighted by Gasteiger charge is 2.31. The van der Waals surface area contributed by atoms with E-state index in [0.717, 1.165) is 0 Å². The van der Waals surface area contributed by atoms with Crippen LogP contribution in [0.25, 0.3) is 0 Å². The summed E-state index contributed by atoms with van der Waals surface area (Å²) in [5.74, 6) is 0.403. The van der Waals surface area contributed by atoms with Crippen molar-refractivity contribution in [1.82, 2.24) is 4.90 Å². The third-order valence-electron chi connectivity index (χ3n) is 3.48. The van der Waals surface area contributed by atoms with Crippen LogP contribution in [0, 0.1) is 0 Å². The van der Waals surface area contributed by atoms with E-state index in [-0.39, 0.29) is 24.8 Å². The molecule has 1 aliphatic rings. The predicted octanol–water partition coefficient (Wildman–Crippen LogP) is 0.641. The number of carbonyl (C=O) groups is 2. The molecule has 1 aromatic rings. The van der Waals surface area contributed by atoms with Gasteiger partial charge in [-0.2, -0.15) is 0 Å². The summed E-state index contributed by atoms with van der Waals surface area (Å²) >= 11 is 0. The third-order valence-corrected chi connectivity index (χ3v) is 3.48. The molecule has 21 heavy (non-hydrogen) atoms. The van der Waals surface area contributed by atoms with Crippen molar-refractivity contribution in [3.63, 3.8) is 0 Å². The van der Waals surface area contributed by atoms with Gasteiger partial charge in [-0.25, -0.2) is 0 Å². The van der Waals surface area contributed by atoms with Crippen molar-refractivity contribution in [3.8, 4) is 5.75 Å². The van der Waals surface area contributed by atoms with E-state index < -0.39 is 6.10 Å². The maximum absolute atomic E-state index is 12.2. The summed E-state index contributed by atoms with van der Waals surface area (Å²) in [4.78, 5) is 27.2. The number of likely N-dealkylation sites (N-methyl/N-ethyl adjacent to an activating group) is 1. The zero-order chi connectivity index (χ0) is 15.4. The Morgan fingerprint density at radius 1 is 1.43 bits per heavy atom. The normalized spacial score (nSPS) is 17.2. The number of aliphatic hydroxyl groups is 1. The third kappa shape index (κ3) is 3.33. The van der Waals surface area contributed by atoms with Crippen LogP contribution in [0.4, 0.5) is 5.69 Å². The summed E-state index contributed by atoms with van der Waals surface area (Å²) in [6.45, 7) is 2.23. The number of benzene rings is 1. The van der Waals surface area contributed by atoms with E-state index in [1.807, 2.05) is 18.2 Å². The van der Waals surface area contributed by atoms with Crippen molar-refractivity contribution in [1.29, 1.82) is 0 Å². The second-order valence-corrected chi connectivity index (χ2v) is 5.01. The first-order valence-corrected chi connectivity index (χ1v) is 6.96. The van der Waals surface area contributed by atoms with Crippen molar-refractivity contribution < 1.29 is 19.4 Å². The fourth-order valence-corrected chi connectivity index (χ4v) is 2.26. The van der Waals surface area contributed by atoms with Crippen LogP contribution in [0.3, 0.4) is 0 Å². The number of carbonyl (C=O) groups excluding carboxylic acids is 2. The highest BCUT2D eigenvalue weighted by molar-refractivity contribution is 6.00. The lowest BCUT2D eigenvalue weighted by molar-refractivity contribution is -0.130. The molecule has 114 valence electrons. The molecule has 1 aliphatic heterocycles. The van der Waals surface area contributed by atoms with Gasteiger partial charge in [0.1, 0.15) is 5.75 Å². The average Bonchev–Trinajstić information content (AvgIpc) is 2.47. The van der Waals surface area contributed by atoms with E-state index in [1.54, 1.807) is 24.9 Å². The zero-order valence-electron chi connectivity index (χ0n) is 12.3. The highest BCUT2D eigenvalue weighted by atomic mass is 16.5. The van der Waals surface area contributed by atoms with Crippen molar-refractivity contribution in [3.05, 3.63) is 24.3 Å². The second kappa shape index (κ2) is 6.58. The Bertz CT molecular complexity index is 532. The number of fused-ring (bicyclic) bond motifs is 1. The fourth-order valence-electron chi connectivity index (χ4n) is 2.26. The second-order valence-electron chi connectivity index (χ2n) is 5.01. The van der Waals surface area contributed by atoms with E-state index in [9.17, 15) is 9.59 Å². The molecule has 1 unspecified atom stereocenters. The molecule has 2 rings (SSSR count). The van der Waals surface area contributed by atoms with Gasteiger partial charge in [0.25, 0.3) is 5.91 Å². The van der Waals surface area contributed by atoms with Gasteiger partial charge >= 0.3 is 0 Å². The molecular weight excluding hydrogens is 272 g/mol. The van der Waals surface area contributed by atoms with E-state index in [0.29, 0.717) is 24.5 Å². The number of hydrogen-bond donors (Lipinski definition) is 1. The monoisotopic (exact) mass is 292 g/mol. The van der Waals surface area contributed by atoms with Crippen LogP contribution in [0.2, 0.25) is 0 Å². The number of anilines is 1. The molecule has 1 atom stereocenters. The summed E-state index contributed by atoms with van der Waals surface area (Å²) in [5, 5.41) is 8.83. The van der Waals surface area contributed by atoms with Gasteiger partial charge in [0, 0.05) is 26.6 Å². The van der Waals surface area contributed by atoms with Crippen molar-refractivity contribution in [2.24, 2.45) is 0 Å². The Labute approximate surface area is 123 Å². The molecule has 0 fully saturated rings. The summed E-state index contributed by atoms with van der Waals surface area (Å²) < 4.78 is 5.55. The molecule has 0 bridgehead atoms. The Kier molecular flexibility index (Phi) is 4.80. The molecule has 0 aromatic heterocycles. The molecule has 6 heteroatoms. The number of ether oxygens (including phenoxy) is 1. The molecule has 0 spiro atoms. The quantitative estimate of drug-likeness (QED) is 0.864. The lowest BCUT2D eigenvalue weighted by Gasteiger charge is -2.33. The van der Waals surface area contributed by atoms with Crippen LogP contribution in [-0.2, 0) is 9.59 Å². The number of aliphatic hydroxyl groups excluding tert-OH is 1. The van der Waals surface area contributed by atoms with Gasteiger partial charge < -0.3 is 19.6 Å². The standard InChI is InChI=1S/C15H20N2O4/c1-11-15(20)17(8-7-14(19)16(2)9-10-18)12-5-3-4-6-13(12)21-11/h3-6,11,18H,7-10H2,1-2H3. The van der Waals surface area contributed by atoms with E-state index in [1.165, 1.54) is 4.90 Å². The molecule has 0 saturated carbocycles. The van der Waals surface area contributed by atoms with Gasteiger partial charge in [-0.1, -0.05) is 12.1 Å². The van der Waals surface area contributed by atoms with E-state index in [4.69, 9.17) is 9.84 Å². The van der Waals surface area contributed by atoms with Crippen LogP contribution in [0.15, 0.2) is 24.3 Å². The minimum atomic E-state index is -0.551. The number of rotatable bonds is 5. The molecule has 1 N–H and O–H groups in total. The van der Waals surface area contributed by atoms with Crippen molar-refractivity contribution >= 4 is 17.5 Å². The van der Waals surface area contributed by atoms with Gasteiger partial charge in [0.15, 0.2) is 6.10 Å². The molecule has 2 amide bonds. The first-order valence-electron chi connectivity index (χ1n) is 6.96. The van der Waals surface area contributed by atoms with Gasteiger partial charge in [0.05, 0.1) is 12.3 Å².